The molecule has 0 unspecified atom stereocenters. The van der Waals surface area contributed by atoms with Crippen LogP contribution in [-0.2, 0) is 0 Å². The minimum atomic E-state index is 0.0868. The van der Waals surface area contributed by atoms with Gasteiger partial charge in [0.25, 0.3) is 0 Å². The molecule has 0 radical (unpaired) electrons. The molecule has 0 saturated carbocycles. The van der Waals surface area contributed by atoms with E-state index in [1.54, 1.807) is 0 Å². The van der Waals surface area contributed by atoms with Crippen LogP contribution in [0.1, 0.15) is 10.1 Å². The van der Waals surface area contributed by atoms with Crippen molar-refractivity contribution in [2.75, 3.05) is 4.90 Å². The zero-order valence-corrected chi connectivity index (χ0v) is 20.9. The molecule has 156 valence electrons. The van der Waals surface area contributed by atoms with Gasteiger partial charge in [-0.25, -0.2) is 0 Å². The van der Waals surface area contributed by atoms with Crippen LogP contribution in [-0.4, -0.2) is 34.4 Å². The first-order valence-corrected chi connectivity index (χ1v) is 14.0. The molecule has 5 heteroatoms. The third-order valence-corrected chi connectivity index (χ3v) is 10.1. The van der Waals surface area contributed by atoms with E-state index in [0.29, 0.717) is 20.5 Å². The van der Waals surface area contributed by atoms with Gasteiger partial charge in [0, 0.05) is 0 Å². The van der Waals surface area contributed by atoms with Crippen LogP contribution >= 0.6 is 0 Å². The predicted octanol–water partition coefficient (Wildman–Crippen LogP) is 4.79. The number of aromatic nitrogens is 1. The van der Waals surface area contributed by atoms with Gasteiger partial charge < -0.3 is 0 Å². The molecule has 3 aromatic carbocycles. The molecule has 0 bridgehead atoms. The molecule has 1 aliphatic heterocycles. The third kappa shape index (κ3) is 3.74. The van der Waals surface area contributed by atoms with Crippen LogP contribution < -0.4 is 13.8 Å². The first-order chi connectivity index (χ1) is 16.3. The molecule has 3 nitrogen and oxygen atoms in total. The normalized spacial score (nSPS) is 12.8. The number of rotatable bonds is 3. The molecule has 0 spiro atoms. The zero-order valence-electron chi connectivity index (χ0n) is 17.5. The molecule has 2 aromatic heterocycles. The number of nitrogens with zero attached hydrogens (tertiary/aromatic N) is 3. The van der Waals surface area contributed by atoms with Gasteiger partial charge in [-0.1, -0.05) is 0 Å². The van der Waals surface area contributed by atoms with E-state index in [-0.39, 0.29) is 14.5 Å². The van der Waals surface area contributed by atoms with Crippen molar-refractivity contribution >= 4 is 76.7 Å². The second-order valence-electron chi connectivity index (χ2n) is 7.64. The topological polar surface area (TPSA) is 39.9 Å². The van der Waals surface area contributed by atoms with Gasteiger partial charge in [0.05, 0.1) is 0 Å². The number of anilines is 3. The second kappa shape index (κ2) is 8.52. The van der Waals surface area contributed by atoms with Crippen LogP contribution in [0.2, 0.25) is 0 Å². The zero-order chi connectivity index (χ0) is 22.2. The Morgan fingerprint density at radius 1 is 0.818 bits per heavy atom. The average molecular weight is 553 g/mol. The van der Waals surface area contributed by atoms with Crippen LogP contribution in [0.4, 0.5) is 15.9 Å². The molecule has 33 heavy (non-hydrogen) atoms. The summed E-state index contributed by atoms with van der Waals surface area (Å²) >= 11 is 0.394. The fourth-order valence-electron chi connectivity index (χ4n) is 4.02. The van der Waals surface area contributed by atoms with Crippen molar-refractivity contribution in [2.24, 2.45) is 0 Å². The Bertz CT molecular complexity index is 1530. The fraction of sp³-hybridized carbons (Fsp3) is 0. The second-order valence-corrected chi connectivity index (χ2v) is 12.2. The summed E-state index contributed by atoms with van der Waals surface area (Å²) in [4.78, 5) is 6.96. The number of fused-ring (bicyclic) bond motifs is 3. The number of nitriles is 1. The van der Waals surface area contributed by atoms with Gasteiger partial charge in [-0.2, -0.15) is 0 Å². The minimum absolute atomic E-state index is 0.0868. The van der Waals surface area contributed by atoms with E-state index in [1.165, 1.54) is 29.3 Å². The number of benzene rings is 3. The van der Waals surface area contributed by atoms with Crippen molar-refractivity contribution in [1.82, 2.24) is 4.98 Å². The van der Waals surface area contributed by atoms with Crippen molar-refractivity contribution in [3.8, 4) is 6.07 Å². The number of hydrogen-bond donors (Lipinski definition) is 0. The molecule has 0 amide bonds. The monoisotopic (exact) mass is 555 g/mol. The Balaban J connectivity index is 1.41. The van der Waals surface area contributed by atoms with E-state index < -0.39 is 0 Å². The number of para-hydroxylation sites is 2. The molecule has 0 N–H and O–H groups in total. The summed E-state index contributed by atoms with van der Waals surface area (Å²) in [5, 5.41) is 12.1. The molecular weight excluding hydrogens is 536 g/mol. The van der Waals surface area contributed by atoms with E-state index in [1.807, 2.05) is 36.5 Å². The number of allylic oxidation sites excluding steroid dienone is 1. The molecule has 1 aliphatic rings. The first kappa shape index (κ1) is 20.2. The van der Waals surface area contributed by atoms with Crippen molar-refractivity contribution in [2.45, 2.75) is 0 Å². The average Bonchev–Trinajstić information content (AvgIpc) is 3.33. The molecule has 3 heterocycles. The summed E-state index contributed by atoms with van der Waals surface area (Å²) in [5.41, 5.74) is 3.88. The maximum absolute atomic E-state index is 9.88. The Kier molecular flexibility index (Phi) is 5.23. The Labute approximate surface area is 204 Å². The number of hydrogen-bond acceptors (Lipinski definition) is 3. The van der Waals surface area contributed by atoms with Crippen LogP contribution in [0.25, 0.3) is 22.4 Å². The van der Waals surface area contributed by atoms with Gasteiger partial charge in [-0.15, -0.1) is 0 Å². The summed E-state index contributed by atoms with van der Waals surface area (Å²) in [7, 11) is 0. The Morgan fingerprint density at radius 2 is 1.48 bits per heavy atom. The summed E-state index contributed by atoms with van der Waals surface area (Å²) in [5.74, 6) is 0. The predicted molar refractivity (Wildman–Crippen MR) is 138 cm³/mol. The van der Waals surface area contributed by atoms with Crippen molar-refractivity contribution in [3.05, 3.63) is 107 Å². The quantitative estimate of drug-likeness (QED) is 0.234. The summed E-state index contributed by atoms with van der Waals surface area (Å²) in [6, 6.07) is 34.3. The first-order valence-electron chi connectivity index (χ1n) is 10.5. The van der Waals surface area contributed by atoms with Crippen molar-refractivity contribution < 1.29 is 0 Å². The molecule has 5 aromatic rings. The van der Waals surface area contributed by atoms with E-state index in [0.717, 1.165) is 16.5 Å². The fourth-order valence-corrected chi connectivity index (χ4v) is 8.29. The van der Waals surface area contributed by atoms with Gasteiger partial charge in [-0.05, 0) is 0 Å². The van der Waals surface area contributed by atoms with Crippen LogP contribution in [0.5, 0.6) is 0 Å². The molecule has 0 atom stereocenters. The Hall–Kier alpha value is -3.38. The van der Waals surface area contributed by atoms with Gasteiger partial charge in [0.15, 0.2) is 0 Å². The molecule has 0 fully saturated rings. The van der Waals surface area contributed by atoms with E-state index in [9.17, 15) is 5.26 Å². The molecule has 0 saturated heterocycles. The summed E-state index contributed by atoms with van der Waals surface area (Å²) < 4.78 is 5.27. The summed E-state index contributed by atoms with van der Waals surface area (Å²) in [6.45, 7) is 0. The molecule has 0 aliphatic carbocycles. The van der Waals surface area contributed by atoms with Gasteiger partial charge in [0.2, 0.25) is 0 Å². The third-order valence-electron chi connectivity index (χ3n) is 5.58. The summed E-state index contributed by atoms with van der Waals surface area (Å²) in [6.07, 6.45) is 3.85. The van der Waals surface area contributed by atoms with Gasteiger partial charge in [0.1, 0.15) is 0 Å². The van der Waals surface area contributed by atoms with Crippen LogP contribution in [0.15, 0.2) is 97.2 Å². The molecule has 6 rings (SSSR count). The van der Waals surface area contributed by atoms with Crippen molar-refractivity contribution in [3.63, 3.8) is 0 Å². The van der Waals surface area contributed by atoms with Crippen LogP contribution in [0.3, 0.4) is 0 Å². The van der Waals surface area contributed by atoms with E-state index in [4.69, 9.17) is 0 Å². The van der Waals surface area contributed by atoms with Crippen molar-refractivity contribution in [1.29, 1.82) is 5.26 Å². The maximum atomic E-state index is 9.88. The molecular formula is C28H17N3Se2. The SMILES string of the molecule is N#C/C(=C\c1ccc(N2c3ccccc3[Se]c3ccccc32)[se]1)c1cc2ccccc2cn1. The van der Waals surface area contributed by atoms with E-state index >= 15 is 0 Å². The standard InChI is InChI=1S/C28H17N3Se2/c29-17-21(23-16-19-7-1-2-8-20(19)18-30-23)15-22-13-14-28(32-22)31-24-9-3-5-11-26(24)33-27-12-6-4-10-25(27)31/h1-16,18H/b21-15+. The van der Waals surface area contributed by atoms with Gasteiger partial charge >= 0.3 is 205 Å². The Morgan fingerprint density at radius 3 is 2.21 bits per heavy atom. The number of pyridine rings is 1. The van der Waals surface area contributed by atoms with Crippen LogP contribution in [0, 0.1) is 11.3 Å². The van der Waals surface area contributed by atoms with E-state index in [2.05, 4.69) is 82.7 Å². The van der Waals surface area contributed by atoms with Gasteiger partial charge in [-0.3, -0.25) is 0 Å².